The summed E-state index contributed by atoms with van der Waals surface area (Å²) in [5.74, 6) is 0.297. The summed E-state index contributed by atoms with van der Waals surface area (Å²) in [5.41, 5.74) is -0.595. The molecule has 0 aromatic heterocycles. The summed E-state index contributed by atoms with van der Waals surface area (Å²) in [6.07, 6.45) is 2.06. The van der Waals surface area contributed by atoms with E-state index in [4.69, 9.17) is 0 Å². The van der Waals surface area contributed by atoms with Crippen LogP contribution >= 0.6 is 0 Å². The maximum atomic E-state index is 12.1. The molecule has 5 nitrogen and oxygen atoms in total. The number of rotatable bonds is 0. The second kappa shape index (κ2) is 2.72. The summed E-state index contributed by atoms with van der Waals surface area (Å²) < 4.78 is 0. The molecule has 4 saturated heterocycles. The van der Waals surface area contributed by atoms with Crippen LogP contribution in [0.3, 0.4) is 0 Å². The zero-order chi connectivity index (χ0) is 10.6. The van der Waals surface area contributed by atoms with Gasteiger partial charge in [-0.25, -0.2) is 4.79 Å². The number of nitrogens with one attached hydrogen (secondary N) is 1. The third-order valence-corrected chi connectivity index (χ3v) is 4.08. The molecule has 1 spiro atoms. The molecule has 15 heavy (non-hydrogen) atoms. The zero-order valence-corrected chi connectivity index (χ0v) is 8.82. The lowest BCUT2D eigenvalue weighted by Crippen LogP contribution is -2.67. The first-order valence-corrected chi connectivity index (χ1v) is 5.46. The normalized spacial score (nSPS) is 43.9. The van der Waals surface area contributed by atoms with Gasteiger partial charge in [-0.3, -0.25) is 9.69 Å². The molecule has 1 unspecified atom stereocenters. The highest BCUT2D eigenvalue weighted by molar-refractivity contribution is 6.07. The Bertz CT molecular complexity index is 336. The summed E-state index contributed by atoms with van der Waals surface area (Å²) in [4.78, 5) is 27.1. The van der Waals surface area contributed by atoms with Gasteiger partial charge in [0.1, 0.15) is 5.54 Å². The number of hydrogen-bond acceptors (Lipinski definition) is 3. The number of urea groups is 1. The molecule has 4 fully saturated rings. The van der Waals surface area contributed by atoms with Crippen LogP contribution in [0.5, 0.6) is 0 Å². The molecular formula is C10H15N3O2. The average Bonchev–Trinajstić information content (AvgIpc) is 2.46. The van der Waals surface area contributed by atoms with Gasteiger partial charge in [0.05, 0.1) is 0 Å². The molecule has 5 heteroatoms. The molecule has 4 rings (SSSR count). The molecule has 2 bridgehead atoms. The first-order chi connectivity index (χ1) is 7.13. The molecule has 82 valence electrons. The minimum absolute atomic E-state index is 0.0399. The van der Waals surface area contributed by atoms with Crippen molar-refractivity contribution in [3.8, 4) is 0 Å². The second-order valence-corrected chi connectivity index (χ2v) is 4.82. The number of carbonyl (C=O) groups is 2. The average molecular weight is 209 g/mol. The molecule has 4 heterocycles. The maximum Gasteiger partial charge on any atom is 0.324 e. The van der Waals surface area contributed by atoms with Gasteiger partial charge in [-0.05, 0) is 31.8 Å². The number of imide groups is 1. The molecule has 3 amide bonds. The number of likely N-dealkylation sites (N-methyl/N-ethyl adjacent to an activating group) is 1. The van der Waals surface area contributed by atoms with E-state index in [-0.39, 0.29) is 11.9 Å². The van der Waals surface area contributed by atoms with E-state index in [9.17, 15) is 9.59 Å². The highest BCUT2D eigenvalue weighted by Gasteiger charge is 2.58. The van der Waals surface area contributed by atoms with Crippen LogP contribution in [0.1, 0.15) is 12.8 Å². The van der Waals surface area contributed by atoms with Gasteiger partial charge < -0.3 is 10.2 Å². The highest BCUT2D eigenvalue weighted by atomic mass is 16.2. The van der Waals surface area contributed by atoms with Crippen molar-refractivity contribution in [2.24, 2.45) is 5.92 Å². The predicted molar refractivity (Wildman–Crippen MR) is 53.2 cm³/mol. The summed E-state index contributed by atoms with van der Waals surface area (Å²) in [5, 5.41) is 2.90. The van der Waals surface area contributed by atoms with Gasteiger partial charge >= 0.3 is 6.03 Å². The molecule has 1 N–H and O–H groups in total. The van der Waals surface area contributed by atoms with Crippen LogP contribution in [0.25, 0.3) is 0 Å². The van der Waals surface area contributed by atoms with E-state index in [1.54, 1.807) is 7.05 Å². The van der Waals surface area contributed by atoms with E-state index < -0.39 is 5.54 Å². The minimum Gasteiger partial charge on any atom is -0.322 e. The largest absolute Gasteiger partial charge is 0.324 e. The number of nitrogens with zero attached hydrogens (tertiary/aromatic N) is 2. The third-order valence-electron chi connectivity index (χ3n) is 4.08. The number of carbonyl (C=O) groups excluding carboxylic acids is 2. The number of hydrogen-bond donors (Lipinski definition) is 1. The lowest BCUT2D eigenvalue weighted by atomic mass is 9.73. The van der Waals surface area contributed by atoms with Gasteiger partial charge in [-0.15, -0.1) is 0 Å². The third kappa shape index (κ3) is 1.01. The van der Waals surface area contributed by atoms with Crippen molar-refractivity contribution in [2.45, 2.75) is 18.4 Å². The number of amides is 3. The van der Waals surface area contributed by atoms with E-state index in [1.165, 1.54) is 4.90 Å². The van der Waals surface area contributed by atoms with Crippen molar-refractivity contribution in [1.82, 2.24) is 15.1 Å². The SMILES string of the molecule is CN1C(=O)NC2(CN3CCC2CC3)C1=O. The Hall–Kier alpha value is -1.10. The molecule has 0 aromatic carbocycles. The second-order valence-electron chi connectivity index (χ2n) is 4.82. The summed E-state index contributed by atoms with van der Waals surface area (Å²) in [6, 6.07) is -0.242. The molecule has 1 atom stereocenters. The fourth-order valence-electron chi connectivity index (χ4n) is 3.17. The Kier molecular flexibility index (Phi) is 1.66. The monoisotopic (exact) mass is 209 g/mol. The van der Waals surface area contributed by atoms with Gasteiger partial charge in [0, 0.05) is 13.6 Å². The summed E-state index contributed by atoms with van der Waals surface area (Å²) in [6.45, 7) is 2.84. The molecule has 4 aliphatic heterocycles. The van der Waals surface area contributed by atoms with Crippen molar-refractivity contribution in [1.29, 1.82) is 0 Å². The van der Waals surface area contributed by atoms with Crippen LogP contribution in [-0.2, 0) is 4.79 Å². The fraction of sp³-hybridized carbons (Fsp3) is 0.800. The predicted octanol–water partition coefficient (Wildman–Crippen LogP) is -0.368. The standard InChI is InChI=1S/C10H15N3O2/c1-12-8(14)10(11-9(12)15)6-13-4-2-7(10)3-5-13/h7H,2-6H2,1H3,(H,11,15). The van der Waals surface area contributed by atoms with Crippen molar-refractivity contribution in [3.05, 3.63) is 0 Å². The Morgan fingerprint density at radius 1 is 1.33 bits per heavy atom. The van der Waals surface area contributed by atoms with Crippen LogP contribution < -0.4 is 5.32 Å². The van der Waals surface area contributed by atoms with Crippen molar-refractivity contribution >= 4 is 11.9 Å². The first-order valence-electron chi connectivity index (χ1n) is 5.46. The van der Waals surface area contributed by atoms with Crippen molar-refractivity contribution < 1.29 is 9.59 Å². The Balaban J connectivity index is 1.98. The smallest absolute Gasteiger partial charge is 0.322 e. The van der Waals surface area contributed by atoms with Gasteiger partial charge in [0.15, 0.2) is 0 Å². The Morgan fingerprint density at radius 2 is 2.00 bits per heavy atom. The summed E-state index contributed by atoms with van der Waals surface area (Å²) >= 11 is 0. The number of piperidine rings is 3. The van der Waals surface area contributed by atoms with Crippen molar-refractivity contribution in [3.63, 3.8) is 0 Å². The molecule has 0 aliphatic carbocycles. The van der Waals surface area contributed by atoms with Crippen LogP contribution in [0.15, 0.2) is 0 Å². The van der Waals surface area contributed by atoms with Crippen LogP contribution in [0, 0.1) is 5.92 Å². The quantitative estimate of drug-likeness (QED) is 0.554. The van der Waals surface area contributed by atoms with Crippen molar-refractivity contribution in [2.75, 3.05) is 26.7 Å². The molecule has 4 aliphatic rings. The van der Waals surface area contributed by atoms with Crippen LogP contribution in [0.4, 0.5) is 4.79 Å². The Labute approximate surface area is 88.4 Å². The highest BCUT2D eigenvalue weighted by Crippen LogP contribution is 2.38. The fourth-order valence-corrected chi connectivity index (χ4v) is 3.17. The maximum absolute atomic E-state index is 12.1. The number of fused-ring (bicyclic) bond motifs is 2. The van der Waals surface area contributed by atoms with E-state index in [1.807, 2.05) is 0 Å². The van der Waals surface area contributed by atoms with Gasteiger partial charge in [-0.1, -0.05) is 0 Å². The summed E-state index contributed by atoms with van der Waals surface area (Å²) in [7, 11) is 1.56. The lowest BCUT2D eigenvalue weighted by Gasteiger charge is -2.49. The lowest BCUT2D eigenvalue weighted by molar-refractivity contribution is -0.137. The van der Waals surface area contributed by atoms with E-state index >= 15 is 0 Å². The van der Waals surface area contributed by atoms with Crippen LogP contribution in [0.2, 0.25) is 0 Å². The van der Waals surface area contributed by atoms with E-state index in [0.717, 1.165) is 25.9 Å². The molecule has 0 saturated carbocycles. The first kappa shape index (κ1) is 9.15. The minimum atomic E-state index is -0.595. The van der Waals surface area contributed by atoms with E-state index in [2.05, 4.69) is 10.2 Å². The Morgan fingerprint density at radius 3 is 2.40 bits per heavy atom. The van der Waals surface area contributed by atoms with E-state index in [0.29, 0.717) is 12.5 Å². The molecular weight excluding hydrogens is 194 g/mol. The zero-order valence-electron chi connectivity index (χ0n) is 8.82. The van der Waals surface area contributed by atoms with Gasteiger partial charge in [0.25, 0.3) is 5.91 Å². The molecule has 0 radical (unpaired) electrons. The van der Waals surface area contributed by atoms with Gasteiger partial charge in [-0.2, -0.15) is 0 Å². The molecule has 0 aromatic rings. The van der Waals surface area contributed by atoms with Gasteiger partial charge in [0.2, 0.25) is 0 Å². The topological polar surface area (TPSA) is 52.7 Å². The van der Waals surface area contributed by atoms with Crippen LogP contribution in [-0.4, -0.2) is 54.0 Å².